The molecule has 0 aliphatic rings. The van der Waals surface area contributed by atoms with E-state index in [2.05, 4.69) is 15.3 Å². The van der Waals surface area contributed by atoms with Crippen molar-refractivity contribution in [2.75, 3.05) is 11.1 Å². The smallest absolute Gasteiger partial charge is 0.255 e. The van der Waals surface area contributed by atoms with Crippen molar-refractivity contribution in [2.24, 2.45) is 0 Å². The third-order valence-corrected chi connectivity index (χ3v) is 2.26. The van der Waals surface area contributed by atoms with Crippen molar-refractivity contribution in [1.82, 2.24) is 9.97 Å². The van der Waals surface area contributed by atoms with Crippen LogP contribution < -0.4 is 11.1 Å². The van der Waals surface area contributed by atoms with Gasteiger partial charge in [0.25, 0.3) is 5.91 Å². The normalized spacial score (nSPS) is 9.94. The minimum absolute atomic E-state index is 0.214. The molecule has 17 heavy (non-hydrogen) atoms. The monoisotopic (exact) mass is 228 g/mol. The van der Waals surface area contributed by atoms with E-state index in [0.29, 0.717) is 16.9 Å². The van der Waals surface area contributed by atoms with E-state index in [-0.39, 0.29) is 5.91 Å². The Balaban J connectivity index is 2.20. The van der Waals surface area contributed by atoms with Crippen LogP contribution >= 0.6 is 0 Å². The van der Waals surface area contributed by atoms with E-state index in [1.54, 1.807) is 30.6 Å². The van der Waals surface area contributed by atoms with Gasteiger partial charge in [-0.2, -0.15) is 0 Å². The lowest BCUT2D eigenvalue weighted by Gasteiger charge is -2.07. The average molecular weight is 228 g/mol. The number of aryl methyl sites for hydroxylation is 1. The SMILES string of the molecule is Cc1cc(C(=O)Nc2ccncc2N)ccn1. The molecule has 0 aliphatic heterocycles. The molecule has 0 fully saturated rings. The third-order valence-electron chi connectivity index (χ3n) is 2.26. The number of anilines is 2. The molecule has 0 aromatic carbocycles. The van der Waals surface area contributed by atoms with Crippen LogP contribution in [0.5, 0.6) is 0 Å². The zero-order chi connectivity index (χ0) is 12.3. The van der Waals surface area contributed by atoms with Gasteiger partial charge >= 0.3 is 0 Å². The highest BCUT2D eigenvalue weighted by Crippen LogP contribution is 2.16. The Morgan fingerprint density at radius 1 is 1.35 bits per heavy atom. The maximum absolute atomic E-state index is 11.9. The van der Waals surface area contributed by atoms with Crippen molar-refractivity contribution in [3.05, 3.63) is 48.0 Å². The highest BCUT2D eigenvalue weighted by atomic mass is 16.1. The third kappa shape index (κ3) is 2.57. The van der Waals surface area contributed by atoms with E-state index in [4.69, 9.17) is 5.73 Å². The van der Waals surface area contributed by atoms with Crippen LogP contribution in [-0.2, 0) is 0 Å². The molecule has 2 rings (SSSR count). The summed E-state index contributed by atoms with van der Waals surface area (Å²) >= 11 is 0. The van der Waals surface area contributed by atoms with Crippen molar-refractivity contribution < 1.29 is 4.79 Å². The van der Waals surface area contributed by atoms with Gasteiger partial charge in [-0.05, 0) is 25.1 Å². The molecule has 0 saturated carbocycles. The number of carbonyl (C=O) groups is 1. The minimum Gasteiger partial charge on any atom is -0.396 e. The van der Waals surface area contributed by atoms with Gasteiger partial charge in [-0.3, -0.25) is 14.8 Å². The number of hydrogen-bond donors (Lipinski definition) is 2. The number of rotatable bonds is 2. The molecule has 86 valence electrons. The molecule has 0 saturated heterocycles. The molecule has 1 amide bonds. The summed E-state index contributed by atoms with van der Waals surface area (Å²) in [6.07, 6.45) is 4.66. The number of carbonyl (C=O) groups excluding carboxylic acids is 1. The van der Waals surface area contributed by atoms with Crippen LogP contribution in [0.3, 0.4) is 0 Å². The zero-order valence-corrected chi connectivity index (χ0v) is 9.34. The van der Waals surface area contributed by atoms with E-state index in [1.807, 2.05) is 6.92 Å². The molecule has 2 aromatic heterocycles. The van der Waals surface area contributed by atoms with Gasteiger partial charge in [-0.1, -0.05) is 0 Å². The first-order valence-electron chi connectivity index (χ1n) is 5.10. The lowest BCUT2D eigenvalue weighted by Crippen LogP contribution is -2.13. The Morgan fingerprint density at radius 2 is 2.18 bits per heavy atom. The molecule has 2 heterocycles. The second kappa shape index (κ2) is 4.61. The van der Waals surface area contributed by atoms with Gasteiger partial charge in [0, 0.05) is 23.7 Å². The van der Waals surface area contributed by atoms with Crippen molar-refractivity contribution in [1.29, 1.82) is 0 Å². The molecule has 0 aliphatic carbocycles. The highest BCUT2D eigenvalue weighted by molar-refractivity contribution is 6.05. The first-order valence-corrected chi connectivity index (χ1v) is 5.10. The summed E-state index contributed by atoms with van der Waals surface area (Å²) in [6.45, 7) is 1.83. The fraction of sp³-hybridized carbons (Fsp3) is 0.0833. The number of amides is 1. The predicted molar refractivity (Wildman–Crippen MR) is 65.6 cm³/mol. The van der Waals surface area contributed by atoms with Crippen molar-refractivity contribution in [3.8, 4) is 0 Å². The quantitative estimate of drug-likeness (QED) is 0.818. The largest absolute Gasteiger partial charge is 0.396 e. The van der Waals surface area contributed by atoms with Gasteiger partial charge in [0.2, 0.25) is 0 Å². The summed E-state index contributed by atoms with van der Waals surface area (Å²) in [5, 5.41) is 2.72. The van der Waals surface area contributed by atoms with Crippen molar-refractivity contribution in [2.45, 2.75) is 6.92 Å². The fourth-order valence-electron chi connectivity index (χ4n) is 1.40. The Morgan fingerprint density at radius 3 is 2.88 bits per heavy atom. The molecule has 3 N–H and O–H groups in total. The van der Waals surface area contributed by atoms with E-state index in [0.717, 1.165) is 5.69 Å². The number of pyridine rings is 2. The Bertz CT molecular complexity index is 554. The van der Waals surface area contributed by atoms with E-state index in [1.165, 1.54) is 6.20 Å². The number of nitrogens with zero attached hydrogens (tertiary/aromatic N) is 2. The fourth-order valence-corrected chi connectivity index (χ4v) is 1.40. The number of nitrogens with one attached hydrogen (secondary N) is 1. The molecule has 0 unspecified atom stereocenters. The standard InChI is InChI=1S/C12H12N4O/c1-8-6-9(2-5-15-8)12(17)16-11-3-4-14-7-10(11)13/h2-7H,13H2,1H3,(H,14,16,17). The molecule has 5 heteroatoms. The molecular weight excluding hydrogens is 216 g/mol. The van der Waals surface area contributed by atoms with Crippen LogP contribution in [0.4, 0.5) is 11.4 Å². The molecule has 0 atom stereocenters. The second-order valence-corrected chi connectivity index (χ2v) is 3.60. The van der Waals surface area contributed by atoms with E-state index < -0.39 is 0 Å². The maximum Gasteiger partial charge on any atom is 0.255 e. The second-order valence-electron chi connectivity index (χ2n) is 3.60. The Kier molecular flexibility index (Phi) is 3.00. The minimum atomic E-state index is -0.214. The van der Waals surface area contributed by atoms with E-state index in [9.17, 15) is 4.79 Å². The van der Waals surface area contributed by atoms with Crippen LogP contribution in [0.25, 0.3) is 0 Å². The zero-order valence-electron chi connectivity index (χ0n) is 9.34. The lowest BCUT2D eigenvalue weighted by atomic mass is 10.2. The molecule has 5 nitrogen and oxygen atoms in total. The van der Waals surface area contributed by atoms with Gasteiger partial charge in [0.1, 0.15) is 0 Å². The van der Waals surface area contributed by atoms with Crippen LogP contribution in [0.2, 0.25) is 0 Å². The number of aromatic nitrogens is 2. The maximum atomic E-state index is 11.9. The first kappa shape index (κ1) is 11.1. The topological polar surface area (TPSA) is 80.9 Å². The van der Waals surface area contributed by atoms with Gasteiger partial charge in [0.15, 0.2) is 0 Å². The van der Waals surface area contributed by atoms with Crippen LogP contribution in [-0.4, -0.2) is 15.9 Å². The van der Waals surface area contributed by atoms with E-state index >= 15 is 0 Å². The highest BCUT2D eigenvalue weighted by Gasteiger charge is 2.07. The van der Waals surface area contributed by atoms with Gasteiger partial charge < -0.3 is 11.1 Å². The predicted octanol–water partition coefficient (Wildman–Crippen LogP) is 1.62. The summed E-state index contributed by atoms with van der Waals surface area (Å²) in [5.74, 6) is -0.214. The summed E-state index contributed by atoms with van der Waals surface area (Å²) in [5.41, 5.74) is 8.02. The summed E-state index contributed by atoms with van der Waals surface area (Å²) in [7, 11) is 0. The molecule has 0 bridgehead atoms. The van der Waals surface area contributed by atoms with Crippen molar-refractivity contribution >= 4 is 17.3 Å². The molecular formula is C12H12N4O. The number of nitrogen functional groups attached to an aromatic ring is 1. The van der Waals surface area contributed by atoms with Crippen LogP contribution in [0.1, 0.15) is 16.1 Å². The first-order chi connectivity index (χ1) is 8.16. The summed E-state index contributed by atoms with van der Waals surface area (Å²) < 4.78 is 0. The van der Waals surface area contributed by atoms with Gasteiger partial charge in [0.05, 0.1) is 17.6 Å². The van der Waals surface area contributed by atoms with Gasteiger partial charge in [-0.15, -0.1) is 0 Å². The van der Waals surface area contributed by atoms with Crippen LogP contribution in [0.15, 0.2) is 36.8 Å². The lowest BCUT2D eigenvalue weighted by molar-refractivity contribution is 0.102. The van der Waals surface area contributed by atoms with Crippen LogP contribution in [0, 0.1) is 6.92 Å². The average Bonchev–Trinajstić information content (AvgIpc) is 2.32. The van der Waals surface area contributed by atoms with Gasteiger partial charge in [-0.25, -0.2) is 0 Å². The Hall–Kier alpha value is -2.43. The Labute approximate surface area is 98.7 Å². The summed E-state index contributed by atoms with van der Waals surface area (Å²) in [4.78, 5) is 19.8. The molecule has 0 spiro atoms. The number of hydrogen-bond acceptors (Lipinski definition) is 4. The molecule has 0 radical (unpaired) electrons. The molecule has 2 aromatic rings. The number of nitrogens with two attached hydrogens (primary N) is 1. The summed E-state index contributed by atoms with van der Waals surface area (Å²) in [6, 6.07) is 5.02. The van der Waals surface area contributed by atoms with Crippen molar-refractivity contribution in [3.63, 3.8) is 0 Å².